The molecule has 8 nitrogen and oxygen atoms in total. The number of ether oxygens (including phenoxy) is 2. The highest BCUT2D eigenvalue weighted by atomic mass is 16.7. The molecule has 0 aromatic carbocycles. The van der Waals surface area contributed by atoms with E-state index >= 15 is 0 Å². The lowest BCUT2D eigenvalue weighted by Gasteiger charge is -2.17. The van der Waals surface area contributed by atoms with Crippen LogP contribution in [0.15, 0.2) is 12.7 Å². The number of fused-ring (bicyclic) bond motifs is 2. The Balaban J connectivity index is 1.78. The Morgan fingerprint density at radius 2 is 2.17 bits per heavy atom. The summed E-state index contributed by atoms with van der Waals surface area (Å²) >= 11 is 0. The van der Waals surface area contributed by atoms with Crippen molar-refractivity contribution in [1.29, 1.82) is 0 Å². The molecule has 4 rings (SSSR count). The molecule has 2 aliphatic rings. The molecule has 0 saturated carbocycles. The molecule has 4 heterocycles. The van der Waals surface area contributed by atoms with Crippen LogP contribution in [-0.4, -0.2) is 49.5 Å². The van der Waals surface area contributed by atoms with Crippen LogP contribution in [0.25, 0.3) is 11.2 Å². The molecule has 94 valence electrons. The van der Waals surface area contributed by atoms with Crippen LogP contribution >= 0.6 is 0 Å². The summed E-state index contributed by atoms with van der Waals surface area (Å²) in [6.07, 6.45) is 2.33. The topological polar surface area (TPSA) is 112 Å². The van der Waals surface area contributed by atoms with Gasteiger partial charge in [0.1, 0.15) is 30.2 Å². The minimum atomic E-state index is -0.313. The number of nitrogens with two attached hydrogens (primary N) is 1. The molecule has 18 heavy (non-hydrogen) atoms. The fraction of sp³-hybridized carbons (Fsp3) is 0.500. The Morgan fingerprint density at radius 3 is 2.94 bits per heavy atom. The van der Waals surface area contributed by atoms with Crippen molar-refractivity contribution in [1.82, 2.24) is 19.5 Å². The average molecular weight is 249 g/mol. The van der Waals surface area contributed by atoms with Gasteiger partial charge in [-0.25, -0.2) is 15.0 Å². The van der Waals surface area contributed by atoms with E-state index in [2.05, 4.69) is 15.0 Å². The Hall–Kier alpha value is -1.77. The molecule has 2 aromatic heterocycles. The molecule has 3 N–H and O–H groups in total. The van der Waals surface area contributed by atoms with Crippen molar-refractivity contribution in [2.45, 2.75) is 24.5 Å². The summed E-state index contributed by atoms with van der Waals surface area (Å²) in [5, 5.41) is 9.16. The van der Waals surface area contributed by atoms with Gasteiger partial charge in [0.15, 0.2) is 17.7 Å². The maximum Gasteiger partial charge on any atom is 0.167 e. The van der Waals surface area contributed by atoms with Gasteiger partial charge < -0.3 is 20.3 Å². The monoisotopic (exact) mass is 249 g/mol. The largest absolute Gasteiger partial charge is 0.394 e. The fourth-order valence-electron chi connectivity index (χ4n) is 2.43. The second-order valence-corrected chi connectivity index (χ2v) is 4.40. The van der Waals surface area contributed by atoms with Crippen LogP contribution in [0.3, 0.4) is 0 Å². The number of hydrogen-bond acceptors (Lipinski definition) is 7. The lowest BCUT2D eigenvalue weighted by molar-refractivity contribution is -0.0823. The summed E-state index contributed by atoms with van der Waals surface area (Å²) in [6.45, 7) is -0.0541. The van der Waals surface area contributed by atoms with Gasteiger partial charge in [-0.15, -0.1) is 0 Å². The van der Waals surface area contributed by atoms with Crippen molar-refractivity contribution in [2.75, 3.05) is 12.3 Å². The van der Waals surface area contributed by atoms with Gasteiger partial charge in [-0.3, -0.25) is 4.57 Å². The van der Waals surface area contributed by atoms with E-state index in [-0.39, 0.29) is 31.1 Å². The Kier molecular flexibility index (Phi) is 1.91. The number of rotatable bonds is 2. The van der Waals surface area contributed by atoms with Gasteiger partial charge in [0.25, 0.3) is 0 Å². The molecule has 2 saturated heterocycles. The first-order valence-corrected chi connectivity index (χ1v) is 5.64. The second-order valence-electron chi connectivity index (χ2n) is 4.40. The first kappa shape index (κ1) is 10.2. The SMILES string of the molecule is Nc1ncnc2c1ncn2[C@@H]1OC(CO)[C@@H]2O[C@@H]12. The molecule has 2 fully saturated rings. The van der Waals surface area contributed by atoms with Crippen molar-refractivity contribution < 1.29 is 14.6 Å². The third-order valence-electron chi connectivity index (χ3n) is 3.36. The Bertz CT molecular complexity index is 615. The van der Waals surface area contributed by atoms with E-state index in [1.54, 1.807) is 10.9 Å². The summed E-state index contributed by atoms with van der Waals surface area (Å²) in [6, 6.07) is 0. The van der Waals surface area contributed by atoms with Gasteiger partial charge in [0.05, 0.1) is 12.9 Å². The van der Waals surface area contributed by atoms with Crippen LogP contribution in [0, 0.1) is 0 Å². The van der Waals surface area contributed by atoms with Crippen molar-refractivity contribution in [3.63, 3.8) is 0 Å². The van der Waals surface area contributed by atoms with Gasteiger partial charge in [-0.2, -0.15) is 0 Å². The number of aliphatic hydroxyl groups excluding tert-OH is 1. The predicted molar refractivity (Wildman–Crippen MR) is 59.4 cm³/mol. The van der Waals surface area contributed by atoms with E-state index < -0.39 is 0 Å². The standard InChI is InChI=1S/C10H11N5O3/c11-8-5-9(13-2-12-8)15(3-14-5)10-7-6(18-7)4(1-16)17-10/h2-4,6-7,10,16H,1H2,(H2,11,12,13)/t4?,6-,7+,10+/m0/s1. The van der Waals surface area contributed by atoms with E-state index in [0.717, 1.165) is 0 Å². The zero-order chi connectivity index (χ0) is 12.3. The third-order valence-corrected chi connectivity index (χ3v) is 3.36. The molecule has 4 atom stereocenters. The van der Waals surface area contributed by atoms with Crippen LogP contribution in [0.4, 0.5) is 5.82 Å². The minimum Gasteiger partial charge on any atom is -0.394 e. The molecular formula is C10H11N5O3. The normalized spacial score (nSPS) is 33.8. The number of nitrogens with zero attached hydrogens (tertiary/aromatic N) is 4. The van der Waals surface area contributed by atoms with E-state index in [4.69, 9.17) is 20.3 Å². The van der Waals surface area contributed by atoms with Gasteiger partial charge in [-0.1, -0.05) is 0 Å². The average Bonchev–Trinajstić information content (AvgIpc) is 2.91. The molecule has 2 aromatic rings. The molecular weight excluding hydrogens is 238 g/mol. The Labute approximate surface area is 101 Å². The van der Waals surface area contributed by atoms with Crippen LogP contribution in [0.5, 0.6) is 0 Å². The van der Waals surface area contributed by atoms with E-state index in [9.17, 15) is 0 Å². The Morgan fingerprint density at radius 1 is 1.28 bits per heavy atom. The van der Waals surface area contributed by atoms with Crippen LogP contribution in [-0.2, 0) is 9.47 Å². The van der Waals surface area contributed by atoms with Crippen LogP contribution in [0.2, 0.25) is 0 Å². The van der Waals surface area contributed by atoms with Gasteiger partial charge >= 0.3 is 0 Å². The molecule has 0 amide bonds. The lowest BCUT2D eigenvalue weighted by Crippen LogP contribution is -2.22. The summed E-state index contributed by atoms with van der Waals surface area (Å²) in [7, 11) is 0. The highest BCUT2D eigenvalue weighted by molar-refractivity contribution is 5.81. The molecule has 0 radical (unpaired) electrons. The van der Waals surface area contributed by atoms with Gasteiger partial charge in [0, 0.05) is 0 Å². The van der Waals surface area contributed by atoms with Crippen molar-refractivity contribution >= 4 is 17.0 Å². The summed E-state index contributed by atoms with van der Waals surface area (Å²) in [5.74, 6) is 0.337. The number of nitrogen functional groups attached to an aromatic ring is 1. The smallest absolute Gasteiger partial charge is 0.167 e. The molecule has 0 aliphatic carbocycles. The minimum absolute atomic E-state index is 0.0309. The fourth-order valence-corrected chi connectivity index (χ4v) is 2.43. The number of imidazole rings is 1. The van der Waals surface area contributed by atoms with E-state index in [1.807, 2.05) is 0 Å². The van der Waals surface area contributed by atoms with Crippen LogP contribution in [0.1, 0.15) is 6.23 Å². The molecule has 8 heteroatoms. The summed E-state index contributed by atoms with van der Waals surface area (Å²) in [5.41, 5.74) is 6.89. The zero-order valence-electron chi connectivity index (χ0n) is 9.30. The quantitative estimate of drug-likeness (QED) is 0.661. The first-order chi connectivity index (χ1) is 8.79. The number of anilines is 1. The van der Waals surface area contributed by atoms with E-state index in [1.165, 1.54) is 6.33 Å². The molecule has 0 bridgehead atoms. The number of hydrogen-bond donors (Lipinski definition) is 2. The first-order valence-electron chi connectivity index (χ1n) is 5.64. The van der Waals surface area contributed by atoms with Crippen molar-refractivity contribution in [3.8, 4) is 0 Å². The lowest BCUT2D eigenvalue weighted by atomic mass is 10.2. The van der Waals surface area contributed by atoms with Crippen molar-refractivity contribution in [3.05, 3.63) is 12.7 Å². The van der Waals surface area contributed by atoms with Gasteiger partial charge in [0.2, 0.25) is 0 Å². The summed E-state index contributed by atoms with van der Waals surface area (Å²) in [4.78, 5) is 12.2. The predicted octanol–water partition coefficient (Wildman–Crippen LogP) is -0.934. The van der Waals surface area contributed by atoms with E-state index in [0.29, 0.717) is 17.0 Å². The van der Waals surface area contributed by atoms with Crippen LogP contribution < -0.4 is 5.73 Å². The van der Waals surface area contributed by atoms with Crippen molar-refractivity contribution in [2.24, 2.45) is 0 Å². The number of epoxide rings is 1. The summed E-state index contributed by atoms with van der Waals surface area (Å²) < 4.78 is 12.9. The second kappa shape index (κ2) is 3.37. The molecule has 1 unspecified atom stereocenters. The third kappa shape index (κ3) is 1.22. The molecule has 0 spiro atoms. The van der Waals surface area contributed by atoms with Gasteiger partial charge in [-0.05, 0) is 0 Å². The zero-order valence-corrected chi connectivity index (χ0v) is 9.30. The molecule has 2 aliphatic heterocycles. The maximum absolute atomic E-state index is 9.16. The number of aliphatic hydroxyl groups is 1. The highest BCUT2D eigenvalue weighted by Crippen LogP contribution is 2.45. The highest BCUT2D eigenvalue weighted by Gasteiger charge is 2.58. The number of aromatic nitrogens is 4. The maximum atomic E-state index is 9.16.